The molecule has 0 bridgehead atoms. The van der Waals surface area contributed by atoms with Crippen molar-refractivity contribution in [2.75, 3.05) is 12.4 Å². The van der Waals surface area contributed by atoms with E-state index in [1.807, 2.05) is 49.7 Å². The van der Waals surface area contributed by atoms with Crippen LogP contribution in [0.5, 0.6) is 5.75 Å². The van der Waals surface area contributed by atoms with Crippen LogP contribution >= 0.6 is 23.1 Å². The smallest absolute Gasteiger partial charge is 0.239 e. The Kier molecular flexibility index (Phi) is 6.07. The highest BCUT2D eigenvalue weighted by molar-refractivity contribution is 8.00. The van der Waals surface area contributed by atoms with Crippen LogP contribution in [0.1, 0.15) is 23.3 Å². The number of rotatable bonds is 7. The van der Waals surface area contributed by atoms with Crippen molar-refractivity contribution < 1.29 is 9.53 Å². The molecule has 8 nitrogen and oxygen atoms in total. The summed E-state index contributed by atoms with van der Waals surface area (Å²) in [6, 6.07) is 7.84. The van der Waals surface area contributed by atoms with Crippen LogP contribution in [0.25, 0.3) is 0 Å². The number of aryl methyl sites for hydroxylation is 1. The minimum atomic E-state index is -0.342. The van der Waals surface area contributed by atoms with E-state index in [2.05, 4.69) is 25.7 Å². The van der Waals surface area contributed by atoms with E-state index in [0.29, 0.717) is 16.7 Å². The van der Waals surface area contributed by atoms with Crippen molar-refractivity contribution in [2.24, 2.45) is 7.05 Å². The maximum absolute atomic E-state index is 12.3. The molecule has 0 radical (unpaired) electrons. The molecule has 1 aromatic carbocycles. The summed E-state index contributed by atoms with van der Waals surface area (Å²) < 4.78 is 7.09. The van der Waals surface area contributed by atoms with Gasteiger partial charge in [0.15, 0.2) is 5.16 Å². The van der Waals surface area contributed by atoms with Crippen molar-refractivity contribution in [3.63, 3.8) is 0 Å². The Labute approximate surface area is 165 Å². The minimum absolute atomic E-state index is 0.143. The monoisotopic (exact) mass is 404 g/mol. The molecule has 10 heteroatoms. The molecule has 0 saturated carbocycles. The van der Waals surface area contributed by atoms with Gasteiger partial charge in [0.25, 0.3) is 0 Å². The summed E-state index contributed by atoms with van der Waals surface area (Å²) in [6.45, 7) is 3.67. The lowest BCUT2D eigenvalue weighted by molar-refractivity contribution is -0.115. The largest absolute Gasteiger partial charge is 0.497 e. The first-order valence-electron chi connectivity index (χ1n) is 8.25. The molecule has 0 fully saturated rings. The molecule has 2 heterocycles. The van der Waals surface area contributed by atoms with Gasteiger partial charge in [-0.25, -0.2) is 0 Å². The molecule has 27 heavy (non-hydrogen) atoms. The van der Waals surface area contributed by atoms with E-state index in [4.69, 9.17) is 4.74 Å². The lowest BCUT2D eigenvalue weighted by Crippen LogP contribution is -2.22. The molecule has 0 aliphatic rings. The average Bonchev–Trinajstić information content (AvgIpc) is 3.22. The Hall–Kier alpha value is -2.46. The maximum atomic E-state index is 12.3. The van der Waals surface area contributed by atoms with Crippen LogP contribution in [0.15, 0.2) is 29.4 Å². The number of nitrogens with one attached hydrogen (secondary N) is 1. The van der Waals surface area contributed by atoms with Gasteiger partial charge in [0.1, 0.15) is 16.6 Å². The van der Waals surface area contributed by atoms with Crippen LogP contribution in [0, 0.1) is 6.92 Å². The highest BCUT2D eigenvalue weighted by Gasteiger charge is 2.20. The molecular formula is C17H20N6O2S2. The summed E-state index contributed by atoms with van der Waals surface area (Å²) >= 11 is 2.70. The number of ether oxygens (including phenoxy) is 1. The normalized spacial score (nSPS) is 12.0. The second-order valence-electron chi connectivity index (χ2n) is 5.86. The molecule has 0 aliphatic carbocycles. The third kappa shape index (κ3) is 4.83. The Morgan fingerprint density at radius 1 is 1.26 bits per heavy atom. The van der Waals surface area contributed by atoms with Crippen LogP contribution in [0.3, 0.4) is 0 Å². The number of amides is 1. The number of hydrogen-bond acceptors (Lipinski definition) is 8. The summed E-state index contributed by atoms with van der Waals surface area (Å²) in [7, 11) is 3.55. The fourth-order valence-electron chi connectivity index (χ4n) is 2.29. The highest BCUT2D eigenvalue weighted by Crippen LogP contribution is 2.24. The molecular weight excluding hydrogens is 384 g/mol. The van der Waals surface area contributed by atoms with Gasteiger partial charge in [-0.05, 0) is 31.5 Å². The van der Waals surface area contributed by atoms with E-state index in [0.717, 1.165) is 22.1 Å². The standard InChI is InChI=1S/C17H20N6O2S2/c1-10(15(24)18-16-21-19-11(2)27-16)26-17-22-20-14(23(17)3)9-12-5-7-13(25-4)8-6-12/h5-8,10H,9H2,1-4H3,(H,18,21,24). The molecule has 3 rings (SSSR count). The van der Waals surface area contributed by atoms with Gasteiger partial charge < -0.3 is 9.30 Å². The zero-order valence-corrected chi connectivity index (χ0v) is 17.1. The fraction of sp³-hybridized carbons (Fsp3) is 0.353. The van der Waals surface area contributed by atoms with Crippen LogP contribution in [0.2, 0.25) is 0 Å². The number of carbonyl (C=O) groups excluding carboxylic acids is 1. The number of hydrogen-bond donors (Lipinski definition) is 1. The van der Waals surface area contributed by atoms with Gasteiger partial charge in [0, 0.05) is 13.5 Å². The Morgan fingerprint density at radius 3 is 2.63 bits per heavy atom. The second-order valence-corrected chi connectivity index (χ2v) is 8.35. The fourth-order valence-corrected chi connectivity index (χ4v) is 3.72. The van der Waals surface area contributed by atoms with Gasteiger partial charge in [0.2, 0.25) is 11.0 Å². The van der Waals surface area contributed by atoms with Crippen molar-refractivity contribution >= 4 is 34.1 Å². The Morgan fingerprint density at radius 2 is 2.00 bits per heavy atom. The van der Waals surface area contributed by atoms with Crippen molar-refractivity contribution in [3.8, 4) is 5.75 Å². The predicted octanol–water partition coefficient (Wildman–Crippen LogP) is 2.69. The number of thioether (sulfide) groups is 1. The molecule has 3 aromatic rings. The third-order valence-electron chi connectivity index (χ3n) is 3.85. The van der Waals surface area contributed by atoms with Crippen LogP contribution < -0.4 is 10.1 Å². The molecule has 1 amide bonds. The van der Waals surface area contributed by atoms with Crippen LogP contribution in [-0.4, -0.2) is 43.2 Å². The second kappa shape index (κ2) is 8.49. The highest BCUT2D eigenvalue weighted by atomic mass is 32.2. The first-order valence-corrected chi connectivity index (χ1v) is 9.94. The van der Waals surface area contributed by atoms with E-state index in [9.17, 15) is 4.79 Å². The van der Waals surface area contributed by atoms with E-state index >= 15 is 0 Å². The molecule has 1 atom stereocenters. The summed E-state index contributed by atoms with van der Waals surface area (Å²) in [4.78, 5) is 12.3. The van der Waals surface area contributed by atoms with Gasteiger partial charge in [-0.3, -0.25) is 10.1 Å². The van der Waals surface area contributed by atoms with E-state index < -0.39 is 0 Å². The number of anilines is 1. The van der Waals surface area contributed by atoms with Gasteiger partial charge in [-0.15, -0.1) is 20.4 Å². The summed E-state index contributed by atoms with van der Waals surface area (Å²) in [6.07, 6.45) is 0.651. The first-order chi connectivity index (χ1) is 13.0. The van der Waals surface area contributed by atoms with E-state index in [1.54, 1.807) is 7.11 Å². The van der Waals surface area contributed by atoms with Crippen molar-refractivity contribution in [1.82, 2.24) is 25.0 Å². The molecule has 0 aliphatic heterocycles. The van der Waals surface area contributed by atoms with Gasteiger partial charge >= 0.3 is 0 Å². The van der Waals surface area contributed by atoms with Crippen LogP contribution in [-0.2, 0) is 18.3 Å². The third-order valence-corrected chi connectivity index (χ3v) is 5.74. The zero-order chi connectivity index (χ0) is 19.4. The van der Waals surface area contributed by atoms with Gasteiger partial charge in [-0.2, -0.15) is 0 Å². The van der Waals surface area contributed by atoms with Crippen molar-refractivity contribution in [1.29, 1.82) is 0 Å². The zero-order valence-electron chi connectivity index (χ0n) is 15.5. The topological polar surface area (TPSA) is 94.8 Å². The Bertz CT molecular complexity index is 922. The maximum Gasteiger partial charge on any atom is 0.239 e. The summed E-state index contributed by atoms with van der Waals surface area (Å²) in [5, 5.41) is 20.7. The Balaban J connectivity index is 1.62. The van der Waals surface area contributed by atoms with Gasteiger partial charge in [0.05, 0.1) is 12.4 Å². The number of nitrogens with zero attached hydrogens (tertiary/aromatic N) is 5. The number of carbonyl (C=O) groups is 1. The molecule has 142 valence electrons. The first kappa shape index (κ1) is 19.3. The van der Waals surface area contributed by atoms with Crippen molar-refractivity contribution in [3.05, 3.63) is 40.7 Å². The van der Waals surface area contributed by atoms with E-state index in [1.165, 1.54) is 23.1 Å². The molecule has 1 unspecified atom stereocenters. The van der Waals surface area contributed by atoms with Crippen molar-refractivity contribution in [2.45, 2.75) is 30.7 Å². The molecule has 2 aromatic heterocycles. The quantitative estimate of drug-likeness (QED) is 0.605. The van der Waals surface area contributed by atoms with Gasteiger partial charge in [-0.1, -0.05) is 35.2 Å². The van der Waals surface area contributed by atoms with E-state index in [-0.39, 0.29) is 11.2 Å². The summed E-state index contributed by atoms with van der Waals surface area (Å²) in [5.74, 6) is 1.50. The number of benzene rings is 1. The van der Waals surface area contributed by atoms with Crippen LogP contribution in [0.4, 0.5) is 5.13 Å². The lowest BCUT2D eigenvalue weighted by Gasteiger charge is -2.10. The number of methoxy groups -OCH3 is 1. The number of aromatic nitrogens is 5. The molecule has 0 spiro atoms. The molecule has 0 saturated heterocycles. The summed E-state index contributed by atoms with van der Waals surface area (Å²) in [5.41, 5.74) is 1.11. The lowest BCUT2D eigenvalue weighted by atomic mass is 10.1. The SMILES string of the molecule is COc1ccc(Cc2nnc(SC(C)C(=O)Nc3nnc(C)s3)n2C)cc1. The minimum Gasteiger partial charge on any atom is -0.497 e. The predicted molar refractivity (Wildman–Crippen MR) is 105 cm³/mol. The molecule has 1 N–H and O–H groups in total. The average molecular weight is 405 g/mol.